The number of rotatable bonds is 5. The molecule has 5 heteroatoms. The van der Waals surface area contributed by atoms with E-state index in [-0.39, 0.29) is 11.8 Å². The van der Waals surface area contributed by atoms with Gasteiger partial charge in [-0.3, -0.25) is 0 Å². The largest absolute Gasteiger partial charge is 0.481 e. The molecule has 0 aromatic heterocycles. The van der Waals surface area contributed by atoms with Crippen molar-refractivity contribution in [1.82, 2.24) is 0 Å². The van der Waals surface area contributed by atoms with Gasteiger partial charge in [0, 0.05) is 16.6 Å². The minimum absolute atomic E-state index is 0.00900. The molecule has 0 amide bonds. The summed E-state index contributed by atoms with van der Waals surface area (Å²) in [4.78, 5) is 0. The Kier molecular flexibility index (Phi) is 5.31. The van der Waals surface area contributed by atoms with E-state index in [0.29, 0.717) is 6.42 Å². The molecule has 0 saturated heterocycles. The van der Waals surface area contributed by atoms with Gasteiger partial charge in [0.1, 0.15) is 11.9 Å². The van der Waals surface area contributed by atoms with Crippen LogP contribution in [0.4, 0.5) is 8.78 Å². The summed E-state index contributed by atoms with van der Waals surface area (Å²) in [5, 5.41) is 0. The lowest BCUT2D eigenvalue weighted by Crippen LogP contribution is -2.31. The third kappa shape index (κ3) is 4.02. The zero-order valence-electron chi connectivity index (χ0n) is 11.5. The third-order valence-electron chi connectivity index (χ3n) is 3.19. The second-order valence-electron chi connectivity index (χ2n) is 4.74. The molecule has 2 aromatic carbocycles. The Morgan fingerprint density at radius 2 is 1.95 bits per heavy atom. The molecule has 0 aliphatic rings. The van der Waals surface area contributed by atoms with Crippen molar-refractivity contribution in [2.75, 3.05) is 0 Å². The second kappa shape index (κ2) is 7.00. The zero-order chi connectivity index (χ0) is 15.4. The standard InChI is InChI=1S/C16H16BrF2NO/c1-2-14(20)16(10-4-3-5-11(17)8-10)21-15-7-6-12(18)9-13(15)19/h3-9,14,16H,2,20H2,1H3. The molecule has 0 fully saturated rings. The summed E-state index contributed by atoms with van der Waals surface area (Å²) in [6.07, 6.45) is 0.160. The van der Waals surface area contributed by atoms with Gasteiger partial charge >= 0.3 is 0 Å². The molecule has 0 spiro atoms. The highest BCUT2D eigenvalue weighted by Gasteiger charge is 2.22. The highest BCUT2D eigenvalue weighted by Crippen LogP contribution is 2.29. The van der Waals surface area contributed by atoms with Gasteiger partial charge in [0.05, 0.1) is 0 Å². The van der Waals surface area contributed by atoms with Crippen molar-refractivity contribution in [3.8, 4) is 5.75 Å². The maximum absolute atomic E-state index is 13.8. The number of hydrogen-bond donors (Lipinski definition) is 1. The van der Waals surface area contributed by atoms with E-state index in [1.165, 1.54) is 6.07 Å². The number of benzene rings is 2. The van der Waals surface area contributed by atoms with Crippen molar-refractivity contribution in [2.24, 2.45) is 5.73 Å². The monoisotopic (exact) mass is 355 g/mol. The SMILES string of the molecule is CCC(N)C(Oc1ccc(F)cc1F)c1cccc(Br)c1. The van der Waals surface area contributed by atoms with Crippen molar-refractivity contribution in [1.29, 1.82) is 0 Å². The Labute approximate surface area is 131 Å². The molecular weight excluding hydrogens is 340 g/mol. The Morgan fingerprint density at radius 3 is 2.57 bits per heavy atom. The first-order chi connectivity index (χ1) is 10.0. The normalized spacial score (nSPS) is 13.8. The van der Waals surface area contributed by atoms with E-state index in [9.17, 15) is 8.78 Å². The van der Waals surface area contributed by atoms with Crippen molar-refractivity contribution in [3.63, 3.8) is 0 Å². The van der Waals surface area contributed by atoms with E-state index in [1.807, 2.05) is 31.2 Å². The highest BCUT2D eigenvalue weighted by molar-refractivity contribution is 9.10. The molecule has 0 heterocycles. The predicted octanol–water partition coefficient (Wildman–Crippen LogP) is 4.58. The molecule has 2 aromatic rings. The Hall–Kier alpha value is -1.46. The van der Waals surface area contributed by atoms with Gasteiger partial charge in [0.15, 0.2) is 11.6 Å². The first-order valence-corrected chi connectivity index (χ1v) is 7.43. The molecule has 0 saturated carbocycles. The average molecular weight is 356 g/mol. The lowest BCUT2D eigenvalue weighted by molar-refractivity contribution is 0.163. The van der Waals surface area contributed by atoms with Crippen LogP contribution in [0.1, 0.15) is 25.0 Å². The van der Waals surface area contributed by atoms with Crippen LogP contribution in [0.15, 0.2) is 46.9 Å². The molecule has 0 aliphatic carbocycles. The van der Waals surface area contributed by atoms with E-state index < -0.39 is 17.7 Å². The van der Waals surface area contributed by atoms with Crippen molar-refractivity contribution < 1.29 is 13.5 Å². The zero-order valence-corrected chi connectivity index (χ0v) is 13.1. The van der Waals surface area contributed by atoms with Crippen LogP contribution in [0.5, 0.6) is 5.75 Å². The van der Waals surface area contributed by atoms with Gasteiger partial charge in [0.25, 0.3) is 0 Å². The lowest BCUT2D eigenvalue weighted by atomic mass is 10.0. The predicted molar refractivity (Wildman–Crippen MR) is 82.1 cm³/mol. The summed E-state index contributed by atoms with van der Waals surface area (Å²) in [5.41, 5.74) is 6.93. The van der Waals surface area contributed by atoms with Crippen LogP contribution in [-0.4, -0.2) is 6.04 Å². The van der Waals surface area contributed by atoms with Gasteiger partial charge in [-0.15, -0.1) is 0 Å². The van der Waals surface area contributed by atoms with Crippen molar-refractivity contribution in [3.05, 3.63) is 64.1 Å². The van der Waals surface area contributed by atoms with Crippen LogP contribution >= 0.6 is 15.9 Å². The number of ether oxygens (including phenoxy) is 1. The first-order valence-electron chi connectivity index (χ1n) is 6.64. The van der Waals surface area contributed by atoms with Crippen LogP contribution in [-0.2, 0) is 0 Å². The van der Waals surface area contributed by atoms with Crippen molar-refractivity contribution in [2.45, 2.75) is 25.5 Å². The van der Waals surface area contributed by atoms with Crippen LogP contribution in [0.2, 0.25) is 0 Å². The molecule has 2 unspecified atom stereocenters. The minimum atomic E-state index is -0.738. The fourth-order valence-corrected chi connectivity index (χ4v) is 2.42. The summed E-state index contributed by atoms with van der Waals surface area (Å²) >= 11 is 3.39. The third-order valence-corrected chi connectivity index (χ3v) is 3.68. The maximum Gasteiger partial charge on any atom is 0.168 e. The highest BCUT2D eigenvalue weighted by atomic mass is 79.9. The summed E-state index contributed by atoms with van der Waals surface area (Å²) in [5.74, 6) is -1.39. The molecule has 112 valence electrons. The summed E-state index contributed by atoms with van der Waals surface area (Å²) < 4.78 is 33.3. The topological polar surface area (TPSA) is 35.2 Å². The molecule has 21 heavy (non-hydrogen) atoms. The molecule has 2 atom stereocenters. The van der Waals surface area contributed by atoms with Gasteiger partial charge in [-0.2, -0.15) is 0 Å². The molecule has 2 rings (SSSR count). The number of halogens is 3. The minimum Gasteiger partial charge on any atom is -0.481 e. The summed E-state index contributed by atoms with van der Waals surface area (Å²) in [6, 6.07) is 10.4. The summed E-state index contributed by atoms with van der Waals surface area (Å²) in [7, 11) is 0. The molecular formula is C16H16BrF2NO. The Balaban J connectivity index is 2.33. The second-order valence-corrected chi connectivity index (χ2v) is 5.66. The van der Waals surface area contributed by atoms with Gasteiger partial charge in [-0.05, 0) is 36.2 Å². The summed E-state index contributed by atoms with van der Waals surface area (Å²) in [6.45, 7) is 1.93. The molecule has 2 nitrogen and oxygen atoms in total. The average Bonchev–Trinajstić information content (AvgIpc) is 2.45. The Bertz CT molecular complexity index is 621. The number of nitrogens with two attached hydrogens (primary N) is 1. The van der Waals surface area contributed by atoms with E-state index in [2.05, 4.69) is 15.9 Å². The molecule has 0 radical (unpaired) electrons. The smallest absolute Gasteiger partial charge is 0.168 e. The van der Waals surface area contributed by atoms with E-state index in [1.54, 1.807) is 0 Å². The lowest BCUT2D eigenvalue weighted by Gasteiger charge is -2.25. The van der Waals surface area contributed by atoms with E-state index in [4.69, 9.17) is 10.5 Å². The van der Waals surface area contributed by atoms with Crippen LogP contribution < -0.4 is 10.5 Å². The van der Waals surface area contributed by atoms with E-state index in [0.717, 1.165) is 22.2 Å². The molecule has 0 bridgehead atoms. The maximum atomic E-state index is 13.8. The van der Waals surface area contributed by atoms with Gasteiger partial charge < -0.3 is 10.5 Å². The molecule has 0 aliphatic heterocycles. The Morgan fingerprint density at radius 1 is 1.19 bits per heavy atom. The van der Waals surface area contributed by atoms with Crippen molar-refractivity contribution >= 4 is 15.9 Å². The first kappa shape index (κ1) is 15.9. The molecule has 2 N–H and O–H groups in total. The van der Waals surface area contributed by atoms with Crippen LogP contribution in [0.25, 0.3) is 0 Å². The number of hydrogen-bond acceptors (Lipinski definition) is 2. The fraction of sp³-hybridized carbons (Fsp3) is 0.250. The van der Waals surface area contributed by atoms with Crippen LogP contribution in [0.3, 0.4) is 0 Å². The van der Waals surface area contributed by atoms with Gasteiger partial charge in [-0.25, -0.2) is 8.78 Å². The quantitative estimate of drug-likeness (QED) is 0.851. The fourth-order valence-electron chi connectivity index (χ4n) is 2.01. The van der Waals surface area contributed by atoms with Gasteiger partial charge in [0.2, 0.25) is 0 Å². The van der Waals surface area contributed by atoms with E-state index >= 15 is 0 Å². The van der Waals surface area contributed by atoms with Crippen LogP contribution in [0, 0.1) is 11.6 Å². The van der Waals surface area contributed by atoms with Gasteiger partial charge in [-0.1, -0.05) is 35.0 Å².